The SMILES string of the molecule is COC(=O)C1CC(C)C(O)O1. The molecule has 1 N–H and O–H groups in total. The van der Waals surface area contributed by atoms with Gasteiger partial charge in [0, 0.05) is 5.92 Å². The monoisotopic (exact) mass is 160 g/mol. The minimum Gasteiger partial charge on any atom is -0.467 e. The Morgan fingerprint density at radius 1 is 1.73 bits per heavy atom. The lowest BCUT2D eigenvalue weighted by molar-refractivity contribution is -0.164. The third kappa shape index (κ3) is 1.70. The Morgan fingerprint density at radius 3 is 2.73 bits per heavy atom. The van der Waals surface area contributed by atoms with Crippen LogP contribution < -0.4 is 0 Å². The summed E-state index contributed by atoms with van der Waals surface area (Å²) >= 11 is 0. The van der Waals surface area contributed by atoms with Crippen LogP contribution >= 0.6 is 0 Å². The van der Waals surface area contributed by atoms with Crippen LogP contribution in [0.3, 0.4) is 0 Å². The van der Waals surface area contributed by atoms with Crippen LogP contribution in [0.2, 0.25) is 0 Å². The Kier molecular flexibility index (Phi) is 2.46. The first kappa shape index (κ1) is 8.49. The van der Waals surface area contributed by atoms with Gasteiger partial charge in [0.1, 0.15) is 0 Å². The lowest BCUT2D eigenvalue weighted by atomic mass is 10.1. The second kappa shape index (κ2) is 3.19. The van der Waals surface area contributed by atoms with Gasteiger partial charge in [0.2, 0.25) is 0 Å². The van der Waals surface area contributed by atoms with Crippen LogP contribution in [-0.2, 0) is 14.3 Å². The fraction of sp³-hybridized carbons (Fsp3) is 0.857. The van der Waals surface area contributed by atoms with Gasteiger partial charge in [-0.05, 0) is 6.42 Å². The van der Waals surface area contributed by atoms with Crippen molar-refractivity contribution in [3.05, 3.63) is 0 Å². The van der Waals surface area contributed by atoms with Crippen LogP contribution in [0.4, 0.5) is 0 Å². The number of ether oxygens (including phenoxy) is 2. The molecule has 64 valence electrons. The number of esters is 1. The molecule has 4 heteroatoms. The number of carbonyl (C=O) groups excluding carboxylic acids is 1. The highest BCUT2D eigenvalue weighted by molar-refractivity contribution is 5.74. The van der Waals surface area contributed by atoms with Crippen molar-refractivity contribution < 1.29 is 19.4 Å². The largest absolute Gasteiger partial charge is 0.467 e. The summed E-state index contributed by atoms with van der Waals surface area (Å²) in [6, 6.07) is 0. The molecule has 1 rings (SSSR count). The molecule has 11 heavy (non-hydrogen) atoms. The Bertz CT molecular complexity index is 147. The van der Waals surface area contributed by atoms with Gasteiger partial charge in [-0.2, -0.15) is 0 Å². The number of hydrogen-bond acceptors (Lipinski definition) is 4. The highest BCUT2D eigenvalue weighted by Gasteiger charge is 2.35. The summed E-state index contributed by atoms with van der Waals surface area (Å²) in [5, 5.41) is 9.08. The molecule has 1 saturated heterocycles. The van der Waals surface area contributed by atoms with Crippen LogP contribution in [0.25, 0.3) is 0 Å². The van der Waals surface area contributed by atoms with Crippen molar-refractivity contribution in [3.8, 4) is 0 Å². The van der Waals surface area contributed by atoms with E-state index >= 15 is 0 Å². The molecule has 0 aromatic heterocycles. The predicted molar refractivity (Wildman–Crippen MR) is 36.7 cm³/mol. The number of rotatable bonds is 1. The van der Waals surface area contributed by atoms with Gasteiger partial charge in [0.25, 0.3) is 0 Å². The van der Waals surface area contributed by atoms with Crippen molar-refractivity contribution in [2.75, 3.05) is 7.11 Å². The molecule has 1 fully saturated rings. The van der Waals surface area contributed by atoms with Crippen LogP contribution in [0, 0.1) is 5.92 Å². The zero-order valence-corrected chi connectivity index (χ0v) is 6.61. The summed E-state index contributed by atoms with van der Waals surface area (Å²) in [5.74, 6) is -0.396. The van der Waals surface area contributed by atoms with Gasteiger partial charge in [-0.1, -0.05) is 6.92 Å². The summed E-state index contributed by atoms with van der Waals surface area (Å²) < 4.78 is 9.36. The van der Waals surface area contributed by atoms with Gasteiger partial charge in [0.05, 0.1) is 7.11 Å². The summed E-state index contributed by atoms with van der Waals surface area (Å²) in [6.07, 6.45) is -0.863. The molecular weight excluding hydrogens is 148 g/mol. The van der Waals surface area contributed by atoms with E-state index in [-0.39, 0.29) is 5.92 Å². The van der Waals surface area contributed by atoms with E-state index in [9.17, 15) is 4.79 Å². The molecule has 1 aliphatic rings. The van der Waals surface area contributed by atoms with E-state index in [0.717, 1.165) is 0 Å². The first-order chi connectivity index (χ1) is 5.15. The number of methoxy groups -OCH3 is 1. The number of aliphatic hydroxyl groups is 1. The lowest BCUT2D eigenvalue weighted by Crippen LogP contribution is -2.22. The second-order valence-electron chi connectivity index (χ2n) is 2.75. The third-order valence-electron chi connectivity index (χ3n) is 1.84. The molecule has 0 aromatic rings. The maximum atomic E-state index is 10.8. The van der Waals surface area contributed by atoms with Crippen LogP contribution in [0.15, 0.2) is 0 Å². The minimum atomic E-state index is -0.820. The van der Waals surface area contributed by atoms with E-state index < -0.39 is 18.4 Å². The molecule has 1 aliphatic heterocycles. The molecule has 0 radical (unpaired) electrons. The fourth-order valence-corrected chi connectivity index (χ4v) is 1.10. The zero-order chi connectivity index (χ0) is 8.43. The van der Waals surface area contributed by atoms with Crippen molar-refractivity contribution >= 4 is 5.97 Å². The Morgan fingerprint density at radius 2 is 2.36 bits per heavy atom. The van der Waals surface area contributed by atoms with Crippen molar-refractivity contribution in [2.24, 2.45) is 5.92 Å². The number of aliphatic hydroxyl groups excluding tert-OH is 1. The van der Waals surface area contributed by atoms with Gasteiger partial charge >= 0.3 is 5.97 Å². The van der Waals surface area contributed by atoms with Crippen LogP contribution in [-0.4, -0.2) is 30.6 Å². The number of hydrogen-bond donors (Lipinski definition) is 1. The topological polar surface area (TPSA) is 55.8 Å². The Labute approximate surface area is 65.1 Å². The minimum absolute atomic E-state index is 0.0131. The molecule has 1 heterocycles. The highest BCUT2D eigenvalue weighted by atomic mass is 16.6. The molecule has 0 spiro atoms. The van der Waals surface area contributed by atoms with Gasteiger partial charge < -0.3 is 14.6 Å². The van der Waals surface area contributed by atoms with E-state index in [1.165, 1.54) is 7.11 Å². The smallest absolute Gasteiger partial charge is 0.335 e. The second-order valence-corrected chi connectivity index (χ2v) is 2.75. The Hall–Kier alpha value is -0.610. The van der Waals surface area contributed by atoms with Crippen LogP contribution in [0.5, 0.6) is 0 Å². The van der Waals surface area contributed by atoms with Gasteiger partial charge in [-0.15, -0.1) is 0 Å². The zero-order valence-electron chi connectivity index (χ0n) is 6.61. The fourth-order valence-electron chi connectivity index (χ4n) is 1.10. The average molecular weight is 160 g/mol. The molecule has 4 nitrogen and oxygen atoms in total. The number of carbonyl (C=O) groups is 1. The van der Waals surface area contributed by atoms with E-state index in [1.54, 1.807) is 0 Å². The third-order valence-corrected chi connectivity index (χ3v) is 1.84. The molecule has 0 saturated carbocycles. The summed E-state index contributed by atoms with van der Waals surface area (Å²) in [7, 11) is 1.31. The summed E-state index contributed by atoms with van der Waals surface area (Å²) in [5.41, 5.74) is 0. The van der Waals surface area contributed by atoms with E-state index in [2.05, 4.69) is 4.74 Å². The predicted octanol–water partition coefficient (Wildman–Crippen LogP) is -0.0972. The normalized spacial score (nSPS) is 37.2. The first-order valence-corrected chi connectivity index (χ1v) is 3.56. The van der Waals surface area contributed by atoms with Crippen molar-refractivity contribution in [1.82, 2.24) is 0 Å². The molecular formula is C7H12O4. The maximum Gasteiger partial charge on any atom is 0.335 e. The maximum absolute atomic E-state index is 10.8. The van der Waals surface area contributed by atoms with Gasteiger partial charge in [0.15, 0.2) is 12.4 Å². The van der Waals surface area contributed by atoms with Crippen molar-refractivity contribution in [3.63, 3.8) is 0 Å². The van der Waals surface area contributed by atoms with E-state index in [4.69, 9.17) is 9.84 Å². The van der Waals surface area contributed by atoms with Gasteiger partial charge in [-0.3, -0.25) is 0 Å². The molecule has 3 atom stereocenters. The quantitative estimate of drug-likeness (QED) is 0.544. The molecule has 0 aliphatic carbocycles. The summed E-state index contributed by atoms with van der Waals surface area (Å²) in [6.45, 7) is 1.83. The Balaban J connectivity index is 2.46. The average Bonchev–Trinajstić information content (AvgIpc) is 2.31. The van der Waals surface area contributed by atoms with Gasteiger partial charge in [-0.25, -0.2) is 4.79 Å². The summed E-state index contributed by atoms with van der Waals surface area (Å²) in [4.78, 5) is 10.8. The standard InChI is InChI=1S/C7H12O4/c1-4-3-5(7(9)10-2)11-6(4)8/h4-6,8H,3H2,1-2H3. The molecule has 0 bridgehead atoms. The molecule has 0 amide bonds. The van der Waals surface area contributed by atoms with Crippen molar-refractivity contribution in [2.45, 2.75) is 25.7 Å². The highest BCUT2D eigenvalue weighted by Crippen LogP contribution is 2.24. The lowest BCUT2D eigenvalue weighted by Gasteiger charge is -2.06. The molecule has 3 unspecified atom stereocenters. The van der Waals surface area contributed by atoms with Crippen LogP contribution in [0.1, 0.15) is 13.3 Å². The van der Waals surface area contributed by atoms with E-state index in [1.807, 2.05) is 6.92 Å². The first-order valence-electron chi connectivity index (χ1n) is 3.56. The van der Waals surface area contributed by atoms with Crippen molar-refractivity contribution in [1.29, 1.82) is 0 Å². The van der Waals surface area contributed by atoms with E-state index in [0.29, 0.717) is 6.42 Å². The molecule has 0 aromatic carbocycles.